The van der Waals surface area contributed by atoms with Crippen molar-refractivity contribution in [1.82, 2.24) is 10.0 Å². The van der Waals surface area contributed by atoms with Gasteiger partial charge in [0.2, 0.25) is 10.0 Å². The summed E-state index contributed by atoms with van der Waals surface area (Å²) in [7, 11) is -3.24. The monoisotopic (exact) mass is 240 g/mol. The molecule has 1 atom stereocenters. The largest absolute Gasteiger partial charge is 0.394 e. The summed E-state index contributed by atoms with van der Waals surface area (Å²) in [6.45, 7) is 3.74. The number of nitrogens with one attached hydrogen (secondary N) is 2. The zero-order valence-corrected chi connectivity index (χ0v) is 10.1. The van der Waals surface area contributed by atoms with E-state index in [0.29, 0.717) is 6.54 Å². The highest BCUT2D eigenvalue weighted by Gasteiger charge is 2.21. The average Bonchev–Trinajstić information content (AvgIpc) is 1.98. The Kier molecular flexibility index (Phi) is 5.68. The van der Waals surface area contributed by atoms with Gasteiger partial charge < -0.3 is 15.5 Å². The molecule has 0 unspecified atom stereocenters. The van der Waals surface area contributed by atoms with Crippen LogP contribution in [0.3, 0.4) is 0 Å². The highest BCUT2D eigenvalue weighted by Crippen LogP contribution is 2.01. The third kappa shape index (κ3) is 8.76. The maximum atomic E-state index is 11.0. The molecule has 0 amide bonds. The van der Waals surface area contributed by atoms with Crippen LogP contribution in [0.4, 0.5) is 0 Å². The Morgan fingerprint density at radius 1 is 1.40 bits per heavy atom. The van der Waals surface area contributed by atoms with Gasteiger partial charge in [0.15, 0.2) is 0 Å². The van der Waals surface area contributed by atoms with Crippen molar-refractivity contribution in [3.8, 4) is 0 Å². The maximum absolute atomic E-state index is 11.0. The molecule has 0 saturated heterocycles. The number of aliphatic hydroxyl groups is 2. The molecule has 0 bridgehead atoms. The topological polar surface area (TPSA) is 98.7 Å². The minimum atomic E-state index is -3.24. The smallest absolute Gasteiger partial charge is 0.209 e. The molecule has 15 heavy (non-hydrogen) atoms. The lowest BCUT2D eigenvalue weighted by Crippen LogP contribution is -2.51. The van der Waals surface area contributed by atoms with Gasteiger partial charge in [-0.2, -0.15) is 0 Å². The van der Waals surface area contributed by atoms with Gasteiger partial charge in [0.05, 0.1) is 19.0 Å². The van der Waals surface area contributed by atoms with Gasteiger partial charge in [-0.25, -0.2) is 13.1 Å². The Labute approximate surface area is 90.7 Å². The van der Waals surface area contributed by atoms with Crippen LogP contribution in [0.5, 0.6) is 0 Å². The van der Waals surface area contributed by atoms with Crippen LogP contribution in [-0.2, 0) is 10.0 Å². The second kappa shape index (κ2) is 5.76. The lowest BCUT2D eigenvalue weighted by Gasteiger charge is -2.25. The third-order valence-electron chi connectivity index (χ3n) is 1.62. The van der Waals surface area contributed by atoms with Crippen molar-refractivity contribution in [2.24, 2.45) is 0 Å². The van der Waals surface area contributed by atoms with Crippen molar-refractivity contribution in [3.05, 3.63) is 0 Å². The molecule has 4 N–H and O–H groups in total. The number of hydrogen-bond donors (Lipinski definition) is 4. The van der Waals surface area contributed by atoms with Crippen LogP contribution in [0.25, 0.3) is 0 Å². The Hall–Kier alpha value is -0.210. The van der Waals surface area contributed by atoms with Crippen molar-refractivity contribution in [2.45, 2.75) is 25.5 Å². The van der Waals surface area contributed by atoms with Crippen LogP contribution in [0.1, 0.15) is 13.8 Å². The van der Waals surface area contributed by atoms with Crippen LogP contribution < -0.4 is 10.0 Å². The summed E-state index contributed by atoms with van der Waals surface area (Å²) in [5.74, 6) is 0. The van der Waals surface area contributed by atoms with Gasteiger partial charge >= 0.3 is 0 Å². The first-order valence-corrected chi connectivity index (χ1v) is 6.54. The molecule has 0 aliphatic carbocycles. The predicted molar refractivity (Wildman–Crippen MR) is 58.0 cm³/mol. The molecule has 7 heteroatoms. The van der Waals surface area contributed by atoms with Crippen LogP contribution in [0.2, 0.25) is 0 Å². The van der Waals surface area contributed by atoms with Gasteiger partial charge in [0.25, 0.3) is 0 Å². The summed E-state index contributed by atoms with van der Waals surface area (Å²) in [6, 6.07) is 0. The van der Waals surface area contributed by atoms with Gasteiger partial charge in [0, 0.05) is 18.6 Å². The number of aliphatic hydroxyl groups excluding tert-OH is 2. The van der Waals surface area contributed by atoms with Gasteiger partial charge in [0.1, 0.15) is 0 Å². The van der Waals surface area contributed by atoms with Gasteiger partial charge in [-0.05, 0) is 13.8 Å². The predicted octanol–water partition coefficient (Wildman–Crippen LogP) is -1.74. The number of rotatable bonds is 7. The minimum absolute atomic E-state index is 0.228. The second-order valence-corrected chi connectivity index (χ2v) is 5.97. The van der Waals surface area contributed by atoms with Crippen molar-refractivity contribution in [1.29, 1.82) is 0 Å². The standard InChI is InChI=1S/C8H20N2O4S/c1-8(2,10-15(3,13)14)6-9-4-7(12)5-11/h7,9-12H,4-6H2,1-3H3/t7-/m0/s1. The molecule has 0 rings (SSSR count). The number of sulfonamides is 1. The van der Waals surface area contributed by atoms with E-state index in [0.717, 1.165) is 6.26 Å². The molecule has 0 aliphatic heterocycles. The summed E-state index contributed by atoms with van der Waals surface area (Å²) in [6.07, 6.45) is 0.274. The first-order chi connectivity index (χ1) is 6.66. The van der Waals surface area contributed by atoms with E-state index in [1.807, 2.05) is 0 Å². The van der Waals surface area contributed by atoms with E-state index < -0.39 is 21.7 Å². The van der Waals surface area contributed by atoms with Crippen molar-refractivity contribution in [2.75, 3.05) is 26.0 Å². The molecular weight excluding hydrogens is 220 g/mol. The van der Waals surface area contributed by atoms with E-state index >= 15 is 0 Å². The zero-order chi connectivity index (χ0) is 12.1. The summed E-state index contributed by atoms with van der Waals surface area (Å²) in [5.41, 5.74) is -0.622. The van der Waals surface area contributed by atoms with Gasteiger partial charge in [-0.3, -0.25) is 0 Å². The molecule has 0 radical (unpaired) electrons. The molecule has 0 aromatic rings. The minimum Gasteiger partial charge on any atom is -0.394 e. The fraction of sp³-hybridized carbons (Fsp3) is 1.00. The molecule has 0 fully saturated rings. The quantitative estimate of drug-likeness (QED) is 0.423. The number of hydrogen-bond acceptors (Lipinski definition) is 5. The van der Waals surface area contributed by atoms with E-state index in [1.165, 1.54) is 0 Å². The van der Waals surface area contributed by atoms with Crippen molar-refractivity contribution < 1.29 is 18.6 Å². The lowest BCUT2D eigenvalue weighted by molar-refractivity contribution is 0.0933. The van der Waals surface area contributed by atoms with Gasteiger partial charge in [-0.15, -0.1) is 0 Å². The van der Waals surface area contributed by atoms with Gasteiger partial charge in [-0.1, -0.05) is 0 Å². The molecule has 0 spiro atoms. The molecule has 0 saturated carbocycles. The summed E-state index contributed by atoms with van der Waals surface area (Å²) in [5, 5.41) is 20.4. The Morgan fingerprint density at radius 2 is 1.93 bits per heavy atom. The maximum Gasteiger partial charge on any atom is 0.209 e. The van der Waals surface area contributed by atoms with Crippen LogP contribution >= 0.6 is 0 Å². The lowest BCUT2D eigenvalue weighted by atomic mass is 10.1. The van der Waals surface area contributed by atoms with E-state index in [9.17, 15) is 8.42 Å². The molecule has 92 valence electrons. The van der Waals surface area contributed by atoms with Crippen LogP contribution in [-0.4, -0.2) is 56.2 Å². The van der Waals surface area contributed by atoms with Crippen molar-refractivity contribution >= 4 is 10.0 Å². The Balaban J connectivity index is 3.95. The van der Waals surface area contributed by atoms with E-state index in [2.05, 4.69) is 10.0 Å². The fourth-order valence-corrected chi connectivity index (χ4v) is 2.23. The summed E-state index contributed by atoms with van der Waals surface area (Å²) >= 11 is 0. The fourth-order valence-electron chi connectivity index (χ4n) is 1.15. The molecule has 0 aromatic carbocycles. The Bertz CT molecular complexity index is 276. The van der Waals surface area contributed by atoms with Crippen LogP contribution in [0.15, 0.2) is 0 Å². The SMILES string of the molecule is CC(C)(CNC[C@H](O)CO)NS(C)(=O)=O. The highest BCUT2D eigenvalue weighted by atomic mass is 32.2. The molecule has 6 nitrogen and oxygen atoms in total. The zero-order valence-electron chi connectivity index (χ0n) is 9.32. The molecule has 0 heterocycles. The first-order valence-electron chi connectivity index (χ1n) is 4.65. The van der Waals surface area contributed by atoms with Crippen molar-refractivity contribution in [3.63, 3.8) is 0 Å². The first kappa shape index (κ1) is 14.8. The highest BCUT2D eigenvalue weighted by molar-refractivity contribution is 7.88. The average molecular weight is 240 g/mol. The summed E-state index contributed by atoms with van der Waals surface area (Å²) < 4.78 is 24.4. The third-order valence-corrected chi connectivity index (χ3v) is 2.54. The Morgan fingerprint density at radius 3 is 2.33 bits per heavy atom. The van der Waals surface area contributed by atoms with E-state index in [1.54, 1.807) is 13.8 Å². The second-order valence-electron chi connectivity index (χ2n) is 4.23. The molecular formula is C8H20N2O4S. The van der Waals surface area contributed by atoms with E-state index in [4.69, 9.17) is 10.2 Å². The normalized spacial score (nSPS) is 15.3. The van der Waals surface area contributed by atoms with E-state index in [-0.39, 0.29) is 13.2 Å². The molecule has 0 aliphatic rings. The van der Waals surface area contributed by atoms with Crippen LogP contribution in [0, 0.1) is 0 Å². The summed E-state index contributed by atoms with van der Waals surface area (Å²) in [4.78, 5) is 0. The molecule has 0 aromatic heterocycles.